The van der Waals surface area contributed by atoms with Crippen molar-refractivity contribution in [2.24, 2.45) is 0 Å². The molecular weight excluding hydrogens is 1020 g/mol. The van der Waals surface area contributed by atoms with E-state index in [4.69, 9.17) is 23.3 Å². The van der Waals surface area contributed by atoms with Gasteiger partial charge in [-0.15, -0.1) is 0 Å². The zero-order chi connectivity index (χ0) is 58.3. The molecule has 0 aliphatic carbocycles. The van der Waals surface area contributed by atoms with Crippen molar-refractivity contribution < 1.29 is 52.2 Å². The molecule has 0 heterocycles. The maximum atomic E-state index is 13.0. The molecule has 0 amide bonds. The Labute approximate surface area is 490 Å². The van der Waals surface area contributed by atoms with Crippen LogP contribution >= 0.6 is 7.82 Å². The number of esters is 3. The first-order valence-electron chi connectivity index (χ1n) is 32.5. The van der Waals surface area contributed by atoms with Gasteiger partial charge in [0.25, 0.3) is 0 Å². The zero-order valence-electron chi connectivity index (χ0n) is 51.3. The lowest BCUT2D eigenvalue weighted by Crippen LogP contribution is -2.30. The minimum atomic E-state index is -4.77. The molecule has 12 heteroatoms. The van der Waals surface area contributed by atoms with Crippen molar-refractivity contribution in [2.45, 2.75) is 303 Å². The fourth-order valence-corrected chi connectivity index (χ4v) is 9.67. The SMILES string of the molecule is CC/C=C\C/C=C\C/C=C\C/C=C\C/C=C\CCCCCC(=O)OCC(COP(=O)(O)OCC(CO)OC(=O)CCCCCCC/C=C\C/C=C\CCCCC)OC(=O)CCCCCCCCCCCCCCCCCCCCC. The molecule has 0 saturated carbocycles. The summed E-state index contributed by atoms with van der Waals surface area (Å²) in [4.78, 5) is 48.8. The summed E-state index contributed by atoms with van der Waals surface area (Å²) in [7, 11) is -4.77. The molecule has 0 aliphatic rings. The Morgan fingerprint density at radius 1 is 0.362 bits per heavy atom. The predicted octanol–water partition coefficient (Wildman–Crippen LogP) is 19.8. The first-order valence-corrected chi connectivity index (χ1v) is 34.0. The van der Waals surface area contributed by atoms with E-state index >= 15 is 0 Å². The lowest BCUT2D eigenvalue weighted by Gasteiger charge is -2.21. The van der Waals surface area contributed by atoms with Crippen LogP contribution in [0.3, 0.4) is 0 Å². The summed E-state index contributed by atoms with van der Waals surface area (Å²) in [5.74, 6) is -1.51. The first kappa shape index (κ1) is 76.7. The number of unbranched alkanes of at least 4 members (excludes halogenated alkanes) is 29. The smallest absolute Gasteiger partial charge is 0.462 e. The second-order valence-electron chi connectivity index (χ2n) is 21.6. The number of phosphoric acid groups is 1. The average Bonchev–Trinajstić information content (AvgIpc) is 3.45. The lowest BCUT2D eigenvalue weighted by molar-refractivity contribution is -0.161. The minimum absolute atomic E-state index is 0.157. The summed E-state index contributed by atoms with van der Waals surface area (Å²) in [5.41, 5.74) is 0. The van der Waals surface area contributed by atoms with Crippen molar-refractivity contribution >= 4 is 25.7 Å². The standard InChI is InChI=1S/C68H119O11P/c1-4-7-10-13-16-19-22-25-28-30-32-34-37-39-42-45-48-51-54-57-66(70)75-61-65(79-68(72)59-56-53-50-47-44-41-38-35-33-31-29-26-23-20-17-14-11-8-5-2)63-77-80(73,74)76-62-64(60-69)78-67(71)58-55-52-49-46-43-40-36-27-24-21-18-15-12-9-6-3/h7,10,16,18-19,21,25,27-28,32,34,36,39,42,64-65,69H,4-6,8-9,11-15,17,20,22-24,26,29-31,33,35,37-38,40-41,43-63H2,1-3H3,(H,73,74)/b10-7-,19-16-,21-18-,28-25-,34-32-,36-27-,42-39-. The summed E-state index contributed by atoms with van der Waals surface area (Å²) < 4.78 is 39.7. The van der Waals surface area contributed by atoms with Gasteiger partial charge >= 0.3 is 25.7 Å². The monoisotopic (exact) mass is 1140 g/mol. The third-order valence-electron chi connectivity index (χ3n) is 13.8. The average molecular weight is 1140 g/mol. The molecule has 0 radical (unpaired) electrons. The number of phosphoric ester groups is 1. The number of rotatable bonds is 60. The molecule has 80 heavy (non-hydrogen) atoms. The van der Waals surface area contributed by atoms with Gasteiger partial charge in [-0.05, 0) is 96.3 Å². The molecular formula is C68H119O11P. The molecule has 0 aromatic rings. The maximum absolute atomic E-state index is 13.0. The van der Waals surface area contributed by atoms with Gasteiger partial charge in [0, 0.05) is 19.3 Å². The van der Waals surface area contributed by atoms with Gasteiger partial charge in [-0.1, -0.05) is 260 Å². The fraction of sp³-hybridized carbons (Fsp3) is 0.750. The Balaban J connectivity index is 4.76. The Kier molecular flexibility index (Phi) is 59.1. The van der Waals surface area contributed by atoms with E-state index in [0.29, 0.717) is 19.3 Å². The van der Waals surface area contributed by atoms with E-state index in [-0.39, 0.29) is 25.9 Å². The summed E-state index contributed by atoms with van der Waals surface area (Å²) in [6, 6.07) is 0. The molecule has 2 N–H and O–H groups in total. The molecule has 0 spiro atoms. The Morgan fingerprint density at radius 3 is 1.04 bits per heavy atom. The van der Waals surface area contributed by atoms with Crippen LogP contribution in [0.2, 0.25) is 0 Å². The number of ether oxygens (including phenoxy) is 3. The molecule has 462 valence electrons. The van der Waals surface area contributed by atoms with E-state index in [1.54, 1.807) is 0 Å². The van der Waals surface area contributed by atoms with Gasteiger partial charge in [-0.25, -0.2) is 4.57 Å². The second kappa shape index (κ2) is 61.7. The fourth-order valence-electron chi connectivity index (χ4n) is 8.89. The van der Waals surface area contributed by atoms with Crippen LogP contribution in [0.5, 0.6) is 0 Å². The van der Waals surface area contributed by atoms with Crippen molar-refractivity contribution in [3.8, 4) is 0 Å². The highest BCUT2D eigenvalue weighted by atomic mass is 31.2. The van der Waals surface area contributed by atoms with Crippen molar-refractivity contribution in [1.29, 1.82) is 0 Å². The molecule has 3 unspecified atom stereocenters. The third kappa shape index (κ3) is 59.3. The number of carbonyl (C=O) groups excluding carboxylic acids is 3. The van der Waals surface area contributed by atoms with Crippen LogP contribution in [0.25, 0.3) is 0 Å². The van der Waals surface area contributed by atoms with Crippen LogP contribution in [0.15, 0.2) is 85.1 Å². The van der Waals surface area contributed by atoms with E-state index in [1.165, 1.54) is 116 Å². The van der Waals surface area contributed by atoms with Gasteiger partial charge in [-0.3, -0.25) is 23.4 Å². The highest BCUT2D eigenvalue weighted by molar-refractivity contribution is 7.47. The van der Waals surface area contributed by atoms with Crippen LogP contribution in [0.4, 0.5) is 0 Å². The van der Waals surface area contributed by atoms with E-state index in [1.807, 2.05) is 0 Å². The molecule has 0 fully saturated rings. The number of allylic oxidation sites excluding steroid dienone is 14. The van der Waals surface area contributed by atoms with Crippen LogP contribution < -0.4 is 0 Å². The minimum Gasteiger partial charge on any atom is -0.462 e. The summed E-state index contributed by atoms with van der Waals surface area (Å²) >= 11 is 0. The van der Waals surface area contributed by atoms with Gasteiger partial charge in [0.1, 0.15) is 12.7 Å². The van der Waals surface area contributed by atoms with E-state index < -0.39 is 57.8 Å². The number of aliphatic hydroxyl groups is 1. The summed E-state index contributed by atoms with van der Waals surface area (Å²) in [5, 5.41) is 9.85. The number of hydrogen-bond acceptors (Lipinski definition) is 10. The molecule has 0 bridgehead atoms. The second-order valence-corrected chi connectivity index (χ2v) is 23.0. The van der Waals surface area contributed by atoms with Crippen LogP contribution in [0.1, 0.15) is 290 Å². The molecule has 0 rings (SSSR count). The summed E-state index contributed by atoms with van der Waals surface area (Å²) in [6.07, 6.45) is 72.5. The number of aliphatic hydroxyl groups excluding tert-OH is 1. The molecule has 0 aromatic carbocycles. The largest absolute Gasteiger partial charge is 0.472 e. The van der Waals surface area contributed by atoms with Crippen LogP contribution in [-0.4, -0.2) is 66.5 Å². The Morgan fingerprint density at radius 2 is 0.650 bits per heavy atom. The summed E-state index contributed by atoms with van der Waals surface area (Å²) in [6.45, 7) is 4.50. The third-order valence-corrected chi connectivity index (χ3v) is 14.8. The van der Waals surface area contributed by atoms with Crippen molar-refractivity contribution in [3.05, 3.63) is 85.1 Å². The quantitative estimate of drug-likeness (QED) is 0.0197. The predicted molar refractivity (Wildman–Crippen MR) is 334 cm³/mol. The van der Waals surface area contributed by atoms with Crippen molar-refractivity contribution in [1.82, 2.24) is 0 Å². The maximum Gasteiger partial charge on any atom is 0.472 e. The van der Waals surface area contributed by atoms with Crippen molar-refractivity contribution in [3.63, 3.8) is 0 Å². The molecule has 3 atom stereocenters. The van der Waals surface area contributed by atoms with Crippen molar-refractivity contribution in [2.75, 3.05) is 26.4 Å². The topological polar surface area (TPSA) is 155 Å². The lowest BCUT2D eigenvalue weighted by atomic mass is 10.0. The Hall–Kier alpha value is -3.34. The first-order chi connectivity index (χ1) is 39.2. The van der Waals surface area contributed by atoms with Gasteiger partial charge < -0.3 is 24.2 Å². The van der Waals surface area contributed by atoms with E-state index in [0.717, 1.165) is 116 Å². The number of hydrogen-bond donors (Lipinski definition) is 2. The van der Waals surface area contributed by atoms with E-state index in [2.05, 4.69) is 106 Å². The van der Waals surface area contributed by atoms with Gasteiger partial charge in [0.2, 0.25) is 0 Å². The molecule has 11 nitrogen and oxygen atoms in total. The van der Waals surface area contributed by atoms with Crippen LogP contribution in [0, 0.1) is 0 Å². The van der Waals surface area contributed by atoms with Crippen LogP contribution in [-0.2, 0) is 42.2 Å². The van der Waals surface area contributed by atoms with Gasteiger partial charge in [-0.2, -0.15) is 0 Å². The van der Waals surface area contributed by atoms with E-state index in [9.17, 15) is 28.9 Å². The molecule has 0 aliphatic heterocycles. The normalized spacial score (nSPS) is 13.8. The molecule has 0 saturated heterocycles. The highest BCUT2D eigenvalue weighted by Crippen LogP contribution is 2.43. The zero-order valence-corrected chi connectivity index (χ0v) is 52.2. The van der Waals surface area contributed by atoms with Gasteiger partial charge in [0.15, 0.2) is 6.10 Å². The molecule has 0 aromatic heterocycles. The highest BCUT2D eigenvalue weighted by Gasteiger charge is 2.28. The van der Waals surface area contributed by atoms with Gasteiger partial charge in [0.05, 0.1) is 19.8 Å². The number of carbonyl (C=O) groups is 3. The Bertz CT molecular complexity index is 1670.